The van der Waals surface area contributed by atoms with Crippen LogP contribution in [-0.2, 0) is 0 Å². The number of carbonyl (C=O) groups excluding carboxylic acids is 1. The van der Waals surface area contributed by atoms with Crippen molar-refractivity contribution >= 4 is 17.4 Å². The van der Waals surface area contributed by atoms with Gasteiger partial charge in [-0.3, -0.25) is 0 Å². The number of rotatable bonds is 5. The summed E-state index contributed by atoms with van der Waals surface area (Å²) in [6, 6.07) is 0.330. The molecule has 1 aliphatic rings. The van der Waals surface area contributed by atoms with Gasteiger partial charge in [0.15, 0.2) is 0 Å². The van der Waals surface area contributed by atoms with Crippen molar-refractivity contribution in [3.8, 4) is 0 Å². The fourth-order valence-corrected chi connectivity index (χ4v) is 3.43. The molecule has 1 saturated carbocycles. The number of urea groups is 1. The number of hydrogen-bond donors (Lipinski definition) is 2. The van der Waals surface area contributed by atoms with Gasteiger partial charge in [-0.25, -0.2) is 9.78 Å². The summed E-state index contributed by atoms with van der Waals surface area (Å²) in [5, 5.41) is 9.17. The van der Waals surface area contributed by atoms with E-state index in [1.807, 2.05) is 5.38 Å². The van der Waals surface area contributed by atoms with E-state index in [1.165, 1.54) is 19.3 Å². The van der Waals surface area contributed by atoms with Gasteiger partial charge in [-0.05, 0) is 25.2 Å². The molecule has 1 aromatic rings. The molecule has 112 valence electrons. The zero-order valence-corrected chi connectivity index (χ0v) is 13.2. The lowest BCUT2D eigenvalue weighted by atomic mass is 9.96. The Morgan fingerprint density at radius 3 is 2.75 bits per heavy atom. The number of hydrogen-bond acceptors (Lipinski definition) is 3. The van der Waals surface area contributed by atoms with Crippen molar-refractivity contribution in [3.63, 3.8) is 0 Å². The van der Waals surface area contributed by atoms with Crippen LogP contribution < -0.4 is 10.6 Å². The molecule has 1 heterocycles. The second-order valence-corrected chi connectivity index (χ2v) is 6.93. The van der Waals surface area contributed by atoms with Crippen LogP contribution in [0.4, 0.5) is 4.79 Å². The molecule has 0 spiro atoms. The third-order valence-corrected chi connectivity index (χ3v) is 4.59. The lowest BCUT2D eigenvalue weighted by Gasteiger charge is -2.25. The van der Waals surface area contributed by atoms with E-state index in [2.05, 4.69) is 29.5 Å². The molecule has 2 amide bonds. The summed E-state index contributed by atoms with van der Waals surface area (Å²) in [4.78, 5) is 16.5. The molecular weight excluding hydrogens is 270 g/mol. The molecule has 1 atom stereocenters. The van der Waals surface area contributed by atoms with Gasteiger partial charge in [0, 0.05) is 17.6 Å². The Hall–Kier alpha value is -1.10. The van der Waals surface area contributed by atoms with Crippen LogP contribution in [0.5, 0.6) is 0 Å². The van der Waals surface area contributed by atoms with Crippen molar-refractivity contribution in [2.45, 2.75) is 64.5 Å². The molecule has 1 unspecified atom stereocenters. The maximum absolute atomic E-state index is 12.2. The standard InChI is InChI=1S/C15H25N3OS/c1-11(2)10-13(14-16-8-9-20-14)18-15(19)17-12-6-4-3-5-7-12/h8-9,11-13H,3-7,10H2,1-2H3,(H2,17,18,19). The summed E-state index contributed by atoms with van der Waals surface area (Å²) >= 11 is 1.61. The molecule has 0 radical (unpaired) electrons. The van der Waals surface area contributed by atoms with Crippen molar-refractivity contribution in [1.29, 1.82) is 0 Å². The Morgan fingerprint density at radius 1 is 1.40 bits per heavy atom. The predicted molar refractivity (Wildman–Crippen MR) is 82.9 cm³/mol. The number of aromatic nitrogens is 1. The van der Waals surface area contributed by atoms with Crippen molar-refractivity contribution in [2.24, 2.45) is 5.92 Å². The van der Waals surface area contributed by atoms with E-state index in [0.717, 1.165) is 24.3 Å². The highest BCUT2D eigenvalue weighted by Crippen LogP contribution is 2.23. The summed E-state index contributed by atoms with van der Waals surface area (Å²) in [6.07, 6.45) is 8.70. The fraction of sp³-hybridized carbons (Fsp3) is 0.733. The molecule has 0 aliphatic heterocycles. The van der Waals surface area contributed by atoms with E-state index >= 15 is 0 Å². The quantitative estimate of drug-likeness (QED) is 0.866. The number of thiazole rings is 1. The first-order chi connectivity index (χ1) is 9.65. The first kappa shape index (κ1) is 15.3. The number of carbonyl (C=O) groups is 1. The van der Waals surface area contributed by atoms with Crippen molar-refractivity contribution < 1.29 is 4.79 Å². The zero-order chi connectivity index (χ0) is 14.4. The normalized spacial score (nSPS) is 17.9. The number of nitrogens with one attached hydrogen (secondary N) is 2. The summed E-state index contributed by atoms with van der Waals surface area (Å²) in [6.45, 7) is 4.34. The summed E-state index contributed by atoms with van der Waals surface area (Å²) in [5.41, 5.74) is 0. The maximum Gasteiger partial charge on any atom is 0.315 e. The minimum absolute atomic E-state index is 0.0265. The molecule has 5 heteroatoms. The molecule has 4 nitrogen and oxygen atoms in total. The maximum atomic E-state index is 12.2. The van der Waals surface area contributed by atoms with Crippen molar-refractivity contribution in [3.05, 3.63) is 16.6 Å². The van der Waals surface area contributed by atoms with Crippen LogP contribution in [0.25, 0.3) is 0 Å². The lowest BCUT2D eigenvalue weighted by molar-refractivity contribution is 0.227. The summed E-state index contributed by atoms with van der Waals surface area (Å²) in [7, 11) is 0. The van der Waals surface area contributed by atoms with E-state index < -0.39 is 0 Å². The molecule has 20 heavy (non-hydrogen) atoms. The van der Waals surface area contributed by atoms with Crippen LogP contribution >= 0.6 is 11.3 Å². The second kappa shape index (κ2) is 7.62. The van der Waals surface area contributed by atoms with Gasteiger partial charge in [0.1, 0.15) is 5.01 Å². The Labute approximate surface area is 125 Å². The van der Waals surface area contributed by atoms with Gasteiger partial charge < -0.3 is 10.6 Å². The monoisotopic (exact) mass is 295 g/mol. The first-order valence-electron chi connectivity index (χ1n) is 7.61. The largest absolute Gasteiger partial charge is 0.335 e. The van der Waals surface area contributed by atoms with Gasteiger partial charge in [-0.2, -0.15) is 0 Å². The van der Waals surface area contributed by atoms with Gasteiger partial charge in [-0.15, -0.1) is 11.3 Å². The van der Waals surface area contributed by atoms with E-state index in [0.29, 0.717) is 12.0 Å². The molecular formula is C15H25N3OS. The highest BCUT2D eigenvalue weighted by Gasteiger charge is 2.21. The number of amides is 2. The second-order valence-electron chi connectivity index (χ2n) is 6.01. The van der Waals surface area contributed by atoms with E-state index in [-0.39, 0.29) is 12.1 Å². The van der Waals surface area contributed by atoms with Crippen LogP contribution in [-0.4, -0.2) is 17.1 Å². The van der Waals surface area contributed by atoms with Gasteiger partial charge in [-0.1, -0.05) is 33.1 Å². The number of nitrogens with zero attached hydrogens (tertiary/aromatic N) is 1. The van der Waals surface area contributed by atoms with Crippen LogP contribution in [0.3, 0.4) is 0 Å². The minimum Gasteiger partial charge on any atom is -0.335 e. The van der Waals surface area contributed by atoms with Crippen molar-refractivity contribution in [2.75, 3.05) is 0 Å². The van der Waals surface area contributed by atoms with Crippen LogP contribution in [0, 0.1) is 5.92 Å². The van der Waals surface area contributed by atoms with Crippen LogP contribution in [0.15, 0.2) is 11.6 Å². The smallest absolute Gasteiger partial charge is 0.315 e. The van der Waals surface area contributed by atoms with Crippen LogP contribution in [0.1, 0.15) is 63.4 Å². The lowest BCUT2D eigenvalue weighted by Crippen LogP contribution is -2.44. The summed E-state index contributed by atoms with van der Waals surface area (Å²) < 4.78 is 0. The van der Waals surface area contributed by atoms with Crippen LogP contribution in [0.2, 0.25) is 0 Å². The SMILES string of the molecule is CC(C)CC(NC(=O)NC1CCCCC1)c1nccs1. The molecule has 1 aliphatic carbocycles. The fourth-order valence-electron chi connectivity index (χ4n) is 2.73. The Balaban J connectivity index is 1.88. The van der Waals surface area contributed by atoms with E-state index in [1.54, 1.807) is 17.5 Å². The Kier molecular flexibility index (Phi) is 5.83. The molecule has 1 fully saturated rings. The molecule has 0 bridgehead atoms. The van der Waals surface area contributed by atoms with Gasteiger partial charge in [0.05, 0.1) is 6.04 Å². The molecule has 0 saturated heterocycles. The average Bonchev–Trinajstić information content (AvgIpc) is 2.92. The topological polar surface area (TPSA) is 54.0 Å². The first-order valence-corrected chi connectivity index (χ1v) is 8.49. The third-order valence-electron chi connectivity index (χ3n) is 3.70. The van der Waals surface area contributed by atoms with E-state index in [4.69, 9.17) is 0 Å². The Morgan fingerprint density at radius 2 is 2.15 bits per heavy atom. The zero-order valence-electron chi connectivity index (χ0n) is 12.4. The van der Waals surface area contributed by atoms with Gasteiger partial charge in [0.25, 0.3) is 0 Å². The Bertz CT molecular complexity index is 399. The van der Waals surface area contributed by atoms with Crippen molar-refractivity contribution in [1.82, 2.24) is 15.6 Å². The highest BCUT2D eigenvalue weighted by molar-refractivity contribution is 7.09. The molecule has 2 rings (SSSR count). The van der Waals surface area contributed by atoms with Gasteiger partial charge in [0.2, 0.25) is 0 Å². The molecule has 0 aromatic carbocycles. The molecule has 2 N–H and O–H groups in total. The summed E-state index contributed by atoms with van der Waals surface area (Å²) in [5.74, 6) is 0.527. The van der Waals surface area contributed by atoms with E-state index in [9.17, 15) is 4.79 Å². The predicted octanol–water partition coefficient (Wildman–Crippen LogP) is 3.86. The molecule has 1 aromatic heterocycles. The highest BCUT2D eigenvalue weighted by atomic mass is 32.1. The third kappa shape index (κ3) is 4.78. The minimum atomic E-state index is -0.0437. The average molecular weight is 295 g/mol. The van der Waals surface area contributed by atoms with Gasteiger partial charge >= 0.3 is 6.03 Å².